The maximum atomic E-state index is 16.2. The zero-order valence-corrected chi connectivity index (χ0v) is 22.8. The molecule has 3 fully saturated rings. The Hall–Kier alpha value is -3.67. The van der Waals surface area contributed by atoms with Gasteiger partial charge in [0, 0.05) is 48.6 Å². The molecule has 2 aromatic carbocycles. The summed E-state index contributed by atoms with van der Waals surface area (Å²) in [5, 5.41) is 24.1. The first-order valence-electron chi connectivity index (χ1n) is 13.9. The number of hydrogen-bond acceptors (Lipinski definition) is 6. The number of aliphatic hydroxyl groups is 1. The molecular weight excluding hydrogens is 507 g/mol. The lowest BCUT2D eigenvalue weighted by molar-refractivity contribution is -0.134. The number of pyridine rings is 1. The number of aromatic nitrogens is 1. The van der Waals surface area contributed by atoms with E-state index in [4.69, 9.17) is 0 Å². The lowest BCUT2D eigenvalue weighted by Gasteiger charge is -2.50. The Labute approximate surface area is 233 Å². The van der Waals surface area contributed by atoms with Gasteiger partial charge in [0.25, 0.3) is 0 Å². The number of carbonyl (C=O) groups excluding carboxylic acids is 2. The minimum atomic E-state index is -1.40. The maximum Gasteiger partial charge on any atom is 0.234 e. The van der Waals surface area contributed by atoms with Crippen molar-refractivity contribution in [3.05, 3.63) is 76.7 Å². The quantitative estimate of drug-likeness (QED) is 0.460. The van der Waals surface area contributed by atoms with Crippen molar-refractivity contribution in [2.75, 3.05) is 13.1 Å². The van der Waals surface area contributed by atoms with Crippen LogP contribution in [-0.4, -0.2) is 39.9 Å². The number of amides is 2. The molecule has 0 spiro atoms. The Morgan fingerprint density at radius 2 is 1.90 bits per heavy atom. The topological polar surface area (TPSA) is 106 Å². The number of likely N-dealkylation sites (tertiary alicyclic amines) is 1. The minimum absolute atomic E-state index is 0.228. The van der Waals surface area contributed by atoms with E-state index in [0.717, 1.165) is 24.0 Å². The van der Waals surface area contributed by atoms with Crippen molar-refractivity contribution in [2.45, 2.75) is 69.4 Å². The number of carbonyl (C=O) groups is 2. The zero-order valence-electron chi connectivity index (χ0n) is 22.8. The molecule has 2 atom stereocenters. The average molecular weight is 541 g/mol. The van der Waals surface area contributed by atoms with Gasteiger partial charge >= 0.3 is 0 Å². The van der Waals surface area contributed by atoms with Crippen LogP contribution in [0.25, 0.3) is 10.9 Å². The Balaban J connectivity index is 1.23. The van der Waals surface area contributed by atoms with Crippen LogP contribution in [-0.2, 0) is 27.1 Å². The third-order valence-corrected chi connectivity index (χ3v) is 9.31. The highest BCUT2D eigenvalue weighted by Gasteiger charge is 2.50. The second-order valence-corrected chi connectivity index (χ2v) is 12.4. The zero-order chi connectivity index (χ0) is 28.3. The van der Waals surface area contributed by atoms with E-state index in [2.05, 4.69) is 45.5 Å². The van der Waals surface area contributed by atoms with Crippen molar-refractivity contribution in [3.8, 4) is 6.07 Å². The second-order valence-electron chi connectivity index (χ2n) is 12.4. The number of nitrogens with one attached hydrogen (secondary N) is 1. The first kappa shape index (κ1) is 26.5. The highest BCUT2D eigenvalue weighted by molar-refractivity contribution is 6.01. The minimum Gasteiger partial charge on any atom is -0.384 e. The standard InChI is InChI=1S/C32H33FN4O3/c1-30(2)19-37(17-20-3-5-22(6-4-20)31(18-34)11-12-31)14-13-32(30,40)25-8-9-26-24(28(25)33)15-21(16-35-26)23-7-10-27(38)36-29(23)39/h3-6,8-9,15-16,23,40H,7,10-14,17,19H2,1-2H3,(H,36,38,39)/t23-,32-/m0/s1. The van der Waals surface area contributed by atoms with Gasteiger partial charge in [-0.05, 0) is 54.5 Å². The van der Waals surface area contributed by atoms with Crippen LogP contribution in [0.15, 0.2) is 48.7 Å². The molecule has 2 amide bonds. The molecular formula is C32H33FN4O3. The Morgan fingerprint density at radius 3 is 2.55 bits per heavy atom. The normalized spacial score (nSPS) is 25.8. The van der Waals surface area contributed by atoms with Gasteiger partial charge in [-0.3, -0.25) is 24.8 Å². The summed E-state index contributed by atoms with van der Waals surface area (Å²) in [4.78, 5) is 30.6. The summed E-state index contributed by atoms with van der Waals surface area (Å²) in [7, 11) is 0. The summed E-state index contributed by atoms with van der Waals surface area (Å²) in [6, 6.07) is 15.7. The summed E-state index contributed by atoms with van der Waals surface area (Å²) < 4.78 is 16.2. The van der Waals surface area contributed by atoms with Crippen LogP contribution < -0.4 is 5.32 Å². The van der Waals surface area contributed by atoms with E-state index in [1.165, 1.54) is 0 Å². The van der Waals surface area contributed by atoms with Crippen molar-refractivity contribution in [1.82, 2.24) is 15.2 Å². The number of halogens is 1. The number of hydrogen-bond donors (Lipinski definition) is 2. The molecule has 2 aliphatic heterocycles. The fourth-order valence-corrected chi connectivity index (χ4v) is 6.54. The molecule has 2 N–H and O–H groups in total. The lowest BCUT2D eigenvalue weighted by atomic mass is 9.66. The predicted octanol–water partition coefficient (Wildman–Crippen LogP) is 4.57. The molecule has 1 aromatic heterocycles. The van der Waals surface area contributed by atoms with Gasteiger partial charge in [0.2, 0.25) is 11.8 Å². The van der Waals surface area contributed by atoms with E-state index in [1.54, 1.807) is 24.4 Å². The number of imide groups is 1. The largest absolute Gasteiger partial charge is 0.384 e. The van der Waals surface area contributed by atoms with Gasteiger partial charge in [-0.15, -0.1) is 0 Å². The molecule has 2 saturated heterocycles. The number of fused-ring (bicyclic) bond motifs is 1. The second kappa shape index (κ2) is 9.46. The predicted molar refractivity (Wildman–Crippen MR) is 147 cm³/mol. The molecule has 40 heavy (non-hydrogen) atoms. The molecule has 7 nitrogen and oxygen atoms in total. The molecule has 3 aromatic rings. The maximum absolute atomic E-state index is 16.2. The number of rotatable bonds is 5. The smallest absolute Gasteiger partial charge is 0.234 e. The number of piperidine rings is 2. The monoisotopic (exact) mass is 540 g/mol. The van der Waals surface area contributed by atoms with Crippen molar-refractivity contribution in [2.24, 2.45) is 5.41 Å². The van der Waals surface area contributed by atoms with Gasteiger partial charge in [-0.1, -0.05) is 44.2 Å². The van der Waals surface area contributed by atoms with Gasteiger partial charge < -0.3 is 5.11 Å². The van der Waals surface area contributed by atoms with Crippen molar-refractivity contribution >= 4 is 22.7 Å². The van der Waals surface area contributed by atoms with Crippen LogP contribution in [0.3, 0.4) is 0 Å². The third kappa shape index (κ3) is 4.38. The highest BCUT2D eigenvalue weighted by atomic mass is 19.1. The highest BCUT2D eigenvalue weighted by Crippen LogP contribution is 2.49. The molecule has 206 valence electrons. The average Bonchev–Trinajstić information content (AvgIpc) is 3.73. The van der Waals surface area contributed by atoms with Crippen LogP contribution in [0, 0.1) is 22.6 Å². The summed E-state index contributed by atoms with van der Waals surface area (Å²) in [5.41, 5.74) is 1.10. The van der Waals surface area contributed by atoms with Gasteiger partial charge in [0.15, 0.2) is 0 Å². The molecule has 0 unspecified atom stereocenters. The van der Waals surface area contributed by atoms with E-state index < -0.39 is 28.7 Å². The SMILES string of the molecule is CC1(C)CN(Cc2ccc(C3(C#N)CC3)cc2)CC[C@]1(O)c1ccc2ncc([C@@H]3CCC(=O)NC3=O)cc2c1F. The van der Waals surface area contributed by atoms with Crippen molar-refractivity contribution < 1.29 is 19.1 Å². The molecule has 1 saturated carbocycles. The molecule has 8 heteroatoms. The number of benzene rings is 2. The van der Waals surface area contributed by atoms with Crippen LogP contribution in [0.2, 0.25) is 0 Å². The van der Waals surface area contributed by atoms with Crippen LogP contribution in [0.5, 0.6) is 0 Å². The molecule has 6 rings (SSSR count). The molecule has 3 aliphatic rings. The Morgan fingerprint density at radius 1 is 1.15 bits per heavy atom. The van der Waals surface area contributed by atoms with E-state index in [-0.39, 0.29) is 28.7 Å². The van der Waals surface area contributed by atoms with E-state index in [0.29, 0.717) is 43.6 Å². The first-order chi connectivity index (χ1) is 19.0. The van der Waals surface area contributed by atoms with E-state index >= 15 is 4.39 Å². The summed E-state index contributed by atoms with van der Waals surface area (Å²) in [5.74, 6) is -1.79. The van der Waals surface area contributed by atoms with Crippen LogP contribution in [0.1, 0.15) is 74.1 Å². The lowest BCUT2D eigenvalue weighted by Crippen LogP contribution is -2.55. The van der Waals surface area contributed by atoms with Gasteiger partial charge in [0.05, 0.1) is 28.5 Å². The van der Waals surface area contributed by atoms with Gasteiger partial charge in [-0.25, -0.2) is 4.39 Å². The van der Waals surface area contributed by atoms with Gasteiger partial charge in [0.1, 0.15) is 5.82 Å². The van der Waals surface area contributed by atoms with Crippen molar-refractivity contribution in [1.29, 1.82) is 5.26 Å². The molecule has 0 bridgehead atoms. The molecule has 1 aliphatic carbocycles. The molecule has 0 radical (unpaired) electrons. The fourth-order valence-electron chi connectivity index (χ4n) is 6.54. The van der Waals surface area contributed by atoms with Crippen LogP contribution in [0.4, 0.5) is 4.39 Å². The third-order valence-electron chi connectivity index (χ3n) is 9.31. The van der Waals surface area contributed by atoms with E-state index in [9.17, 15) is 20.0 Å². The first-order valence-corrected chi connectivity index (χ1v) is 13.9. The Bertz CT molecular complexity index is 1560. The summed E-state index contributed by atoms with van der Waals surface area (Å²) >= 11 is 0. The molecule has 3 heterocycles. The summed E-state index contributed by atoms with van der Waals surface area (Å²) in [6.07, 6.45) is 4.34. The Kier molecular flexibility index (Phi) is 6.28. The van der Waals surface area contributed by atoms with E-state index in [1.807, 2.05) is 13.8 Å². The summed E-state index contributed by atoms with van der Waals surface area (Å²) in [6.45, 7) is 5.80. The van der Waals surface area contributed by atoms with Crippen LogP contribution >= 0.6 is 0 Å². The van der Waals surface area contributed by atoms with Crippen molar-refractivity contribution in [3.63, 3.8) is 0 Å². The van der Waals surface area contributed by atoms with Gasteiger partial charge in [-0.2, -0.15) is 5.26 Å². The number of nitrogens with zero attached hydrogens (tertiary/aromatic N) is 3. The fraction of sp³-hybridized carbons (Fsp3) is 0.438. The number of nitriles is 1.